The fraction of sp³-hybridized carbons (Fsp3) is 0.273. The molecule has 0 amide bonds. The predicted molar refractivity (Wildman–Crippen MR) is 69.7 cm³/mol. The first-order valence-electron chi connectivity index (χ1n) is 5.08. The van der Waals surface area contributed by atoms with Gasteiger partial charge >= 0.3 is 0 Å². The Morgan fingerprint density at radius 1 is 1.38 bits per heavy atom. The number of hydrogen-bond acceptors (Lipinski definition) is 5. The first-order valence-corrected chi connectivity index (χ1v) is 6.84. The van der Waals surface area contributed by atoms with Crippen molar-refractivity contribution in [3.05, 3.63) is 35.7 Å². The average Bonchev–Trinajstić information content (AvgIpc) is 2.76. The highest BCUT2D eigenvalue weighted by molar-refractivity contribution is 8.00. The molecular formula is C11H13N3S2. The topological polar surface area (TPSA) is 51.8 Å². The van der Waals surface area contributed by atoms with Gasteiger partial charge in [-0.3, -0.25) is 0 Å². The van der Waals surface area contributed by atoms with E-state index in [-0.39, 0.29) is 0 Å². The van der Waals surface area contributed by atoms with Crippen molar-refractivity contribution in [2.24, 2.45) is 0 Å². The lowest BCUT2D eigenvalue weighted by Gasteiger charge is -2.02. The predicted octanol–water partition coefficient (Wildman–Crippen LogP) is 2.98. The third-order valence-corrected chi connectivity index (χ3v) is 4.09. The summed E-state index contributed by atoms with van der Waals surface area (Å²) in [6, 6.07) is 7.92. The van der Waals surface area contributed by atoms with E-state index in [1.165, 1.54) is 11.5 Å². The summed E-state index contributed by atoms with van der Waals surface area (Å²) >= 11 is 3.15. The summed E-state index contributed by atoms with van der Waals surface area (Å²) in [4.78, 5) is 4.40. The van der Waals surface area contributed by atoms with E-state index in [1.54, 1.807) is 11.8 Å². The summed E-state index contributed by atoms with van der Waals surface area (Å²) < 4.78 is 5.26. The zero-order valence-corrected chi connectivity index (χ0v) is 10.6. The number of nitrogen functional groups attached to an aromatic ring is 1. The van der Waals surface area contributed by atoms with Crippen molar-refractivity contribution in [1.82, 2.24) is 9.36 Å². The normalized spacial score (nSPS) is 10.6. The highest BCUT2D eigenvalue weighted by Crippen LogP contribution is 2.26. The van der Waals surface area contributed by atoms with Crippen LogP contribution in [0.1, 0.15) is 18.3 Å². The van der Waals surface area contributed by atoms with E-state index in [0.717, 1.165) is 33.6 Å². The van der Waals surface area contributed by atoms with E-state index in [2.05, 4.69) is 16.3 Å². The molecule has 2 aromatic rings. The molecule has 0 spiro atoms. The Bertz CT molecular complexity index is 468. The Kier molecular flexibility index (Phi) is 3.79. The smallest absolute Gasteiger partial charge is 0.170 e. The second kappa shape index (κ2) is 5.32. The summed E-state index contributed by atoms with van der Waals surface area (Å²) in [5, 5.41) is 0. The molecule has 16 heavy (non-hydrogen) atoms. The van der Waals surface area contributed by atoms with E-state index in [1.807, 2.05) is 24.3 Å². The second-order valence-corrected chi connectivity index (χ2v) is 5.29. The lowest BCUT2D eigenvalue weighted by molar-refractivity contribution is 0.971. The molecule has 1 heterocycles. The van der Waals surface area contributed by atoms with Crippen molar-refractivity contribution < 1.29 is 0 Å². The Labute approximate surface area is 103 Å². The largest absolute Gasteiger partial charge is 0.398 e. The van der Waals surface area contributed by atoms with E-state index in [9.17, 15) is 0 Å². The van der Waals surface area contributed by atoms with E-state index >= 15 is 0 Å². The van der Waals surface area contributed by atoms with Crippen LogP contribution < -0.4 is 5.73 Å². The molecule has 0 unspecified atom stereocenters. The van der Waals surface area contributed by atoms with Crippen LogP contribution in [0.2, 0.25) is 0 Å². The molecule has 0 bridgehead atoms. The molecule has 0 aliphatic heterocycles. The number of para-hydroxylation sites is 1. The van der Waals surface area contributed by atoms with Gasteiger partial charge in [0.2, 0.25) is 0 Å². The Hall–Kier alpha value is -1.07. The number of nitrogens with two attached hydrogens (primary N) is 1. The average molecular weight is 251 g/mol. The Morgan fingerprint density at radius 2 is 2.19 bits per heavy atom. The summed E-state index contributed by atoms with van der Waals surface area (Å²) in [6.07, 6.45) is 0.893. The summed E-state index contributed by atoms with van der Waals surface area (Å²) in [6.45, 7) is 2.06. The third kappa shape index (κ3) is 2.74. The molecule has 0 radical (unpaired) electrons. The van der Waals surface area contributed by atoms with Gasteiger partial charge in [-0.2, -0.15) is 4.37 Å². The van der Waals surface area contributed by atoms with Crippen LogP contribution in [0.5, 0.6) is 0 Å². The van der Waals surface area contributed by atoms with Crippen LogP contribution in [0.15, 0.2) is 28.6 Å². The van der Waals surface area contributed by atoms with Gasteiger partial charge in [-0.25, -0.2) is 4.98 Å². The summed E-state index contributed by atoms with van der Waals surface area (Å²) in [7, 11) is 0. The van der Waals surface area contributed by atoms with Crippen molar-refractivity contribution in [1.29, 1.82) is 0 Å². The lowest BCUT2D eigenvalue weighted by Crippen LogP contribution is -1.91. The quantitative estimate of drug-likeness (QED) is 0.670. The minimum Gasteiger partial charge on any atom is -0.398 e. The number of aromatic nitrogens is 2. The number of aryl methyl sites for hydroxylation is 1. The molecule has 0 fully saturated rings. The molecule has 0 atom stereocenters. The van der Waals surface area contributed by atoms with Crippen LogP contribution in [-0.4, -0.2) is 9.36 Å². The van der Waals surface area contributed by atoms with E-state index in [4.69, 9.17) is 5.73 Å². The minimum absolute atomic E-state index is 0.843. The molecule has 1 aromatic carbocycles. The maximum Gasteiger partial charge on any atom is 0.170 e. The SMILES string of the molecule is CCc1nsc(SCc2ccccc2N)n1. The van der Waals surface area contributed by atoms with Crippen LogP contribution in [-0.2, 0) is 12.2 Å². The zero-order valence-electron chi connectivity index (χ0n) is 9.01. The highest BCUT2D eigenvalue weighted by Gasteiger charge is 2.04. The molecule has 0 saturated heterocycles. The number of hydrogen-bond donors (Lipinski definition) is 1. The molecule has 0 saturated carbocycles. The van der Waals surface area contributed by atoms with Crippen LogP contribution in [0.4, 0.5) is 5.69 Å². The maximum absolute atomic E-state index is 5.87. The van der Waals surface area contributed by atoms with Gasteiger partial charge in [0.15, 0.2) is 4.34 Å². The molecule has 0 aliphatic carbocycles. The molecule has 84 valence electrons. The van der Waals surface area contributed by atoms with Crippen molar-refractivity contribution in [2.45, 2.75) is 23.4 Å². The monoisotopic (exact) mass is 251 g/mol. The van der Waals surface area contributed by atoms with Crippen LogP contribution in [0.25, 0.3) is 0 Å². The zero-order chi connectivity index (χ0) is 11.4. The third-order valence-electron chi connectivity index (χ3n) is 2.17. The van der Waals surface area contributed by atoms with Gasteiger partial charge in [0.25, 0.3) is 0 Å². The van der Waals surface area contributed by atoms with Crippen LogP contribution >= 0.6 is 23.3 Å². The van der Waals surface area contributed by atoms with Gasteiger partial charge in [-0.15, -0.1) is 0 Å². The number of thioether (sulfide) groups is 1. The van der Waals surface area contributed by atoms with Gasteiger partial charge < -0.3 is 5.73 Å². The van der Waals surface area contributed by atoms with Crippen LogP contribution in [0.3, 0.4) is 0 Å². The minimum atomic E-state index is 0.843. The molecule has 1 aromatic heterocycles. The second-order valence-electron chi connectivity index (χ2n) is 3.32. The van der Waals surface area contributed by atoms with Gasteiger partial charge in [-0.05, 0) is 23.2 Å². The summed E-state index contributed by atoms with van der Waals surface area (Å²) in [5.41, 5.74) is 7.87. The summed E-state index contributed by atoms with van der Waals surface area (Å²) in [5.74, 6) is 1.78. The van der Waals surface area contributed by atoms with Crippen molar-refractivity contribution >= 4 is 29.0 Å². The molecule has 2 rings (SSSR count). The van der Waals surface area contributed by atoms with E-state index < -0.39 is 0 Å². The van der Waals surface area contributed by atoms with Crippen molar-refractivity contribution in [3.8, 4) is 0 Å². The molecule has 5 heteroatoms. The molecule has 0 aliphatic rings. The highest BCUT2D eigenvalue weighted by atomic mass is 32.2. The lowest BCUT2D eigenvalue weighted by atomic mass is 10.2. The Morgan fingerprint density at radius 3 is 2.88 bits per heavy atom. The number of benzene rings is 1. The first kappa shape index (κ1) is 11.4. The molecular weight excluding hydrogens is 238 g/mol. The van der Waals surface area contributed by atoms with Crippen molar-refractivity contribution in [3.63, 3.8) is 0 Å². The molecule has 2 N–H and O–H groups in total. The molecule has 3 nitrogen and oxygen atoms in total. The fourth-order valence-electron chi connectivity index (χ4n) is 1.25. The first-order chi connectivity index (χ1) is 7.79. The number of anilines is 1. The maximum atomic E-state index is 5.87. The standard InChI is InChI=1S/C11H13N3S2/c1-2-10-13-11(16-14-10)15-7-8-5-3-4-6-9(8)12/h3-6H,2,7,12H2,1H3. The van der Waals surface area contributed by atoms with E-state index in [0.29, 0.717) is 0 Å². The van der Waals surface area contributed by atoms with Gasteiger partial charge in [0.05, 0.1) is 0 Å². The fourth-order valence-corrected chi connectivity index (χ4v) is 2.96. The Balaban J connectivity index is 1.99. The van der Waals surface area contributed by atoms with Crippen molar-refractivity contribution in [2.75, 3.05) is 5.73 Å². The van der Waals surface area contributed by atoms with Gasteiger partial charge in [0.1, 0.15) is 5.82 Å². The number of nitrogens with zero attached hydrogens (tertiary/aromatic N) is 2. The van der Waals surface area contributed by atoms with Gasteiger partial charge in [0, 0.05) is 17.9 Å². The van der Waals surface area contributed by atoms with Crippen LogP contribution in [0, 0.1) is 0 Å². The van der Waals surface area contributed by atoms with Gasteiger partial charge in [-0.1, -0.05) is 36.9 Å². The number of rotatable bonds is 4.